The Hall–Kier alpha value is -1.14. The second-order valence-corrected chi connectivity index (χ2v) is 6.83. The van der Waals surface area contributed by atoms with Gasteiger partial charge in [-0.2, -0.15) is 0 Å². The van der Waals surface area contributed by atoms with Crippen LogP contribution in [0.5, 0.6) is 0 Å². The minimum atomic E-state index is -0.155. The van der Waals surface area contributed by atoms with Gasteiger partial charge in [-0.3, -0.25) is 4.79 Å². The summed E-state index contributed by atoms with van der Waals surface area (Å²) in [7, 11) is 0. The Morgan fingerprint density at radius 3 is 2.29 bits per heavy atom. The first kappa shape index (κ1) is 16.2. The second kappa shape index (κ2) is 6.32. The van der Waals surface area contributed by atoms with Gasteiger partial charge in [0.25, 0.3) is 5.56 Å². The number of hydrogen-bond acceptors (Lipinski definition) is 3. The SMILES string of the molecule is Cc1cc(Br)c(NC(C)c2c(C)nc(C)[nH]c2=O)c(Br)c1. The van der Waals surface area contributed by atoms with Crippen molar-refractivity contribution < 1.29 is 0 Å². The number of aryl methyl sites for hydroxylation is 3. The van der Waals surface area contributed by atoms with Crippen LogP contribution in [-0.2, 0) is 0 Å². The summed E-state index contributed by atoms with van der Waals surface area (Å²) in [5.74, 6) is 0.631. The fraction of sp³-hybridized carbons (Fsp3) is 0.333. The van der Waals surface area contributed by atoms with Gasteiger partial charge in [-0.25, -0.2) is 4.98 Å². The molecule has 0 bridgehead atoms. The molecule has 4 nitrogen and oxygen atoms in total. The molecule has 0 aliphatic heterocycles. The van der Waals surface area contributed by atoms with Gasteiger partial charge in [0.15, 0.2) is 0 Å². The number of rotatable bonds is 3. The van der Waals surface area contributed by atoms with Crippen molar-refractivity contribution in [1.82, 2.24) is 9.97 Å². The van der Waals surface area contributed by atoms with Gasteiger partial charge >= 0.3 is 0 Å². The lowest BCUT2D eigenvalue weighted by Gasteiger charge is -2.19. The monoisotopic (exact) mass is 413 g/mol. The van der Waals surface area contributed by atoms with Crippen molar-refractivity contribution in [3.05, 3.63) is 54.1 Å². The van der Waals surface area contributed by atoms with Crippen LogP contribution in [-0.4, -0.2) is 9.97 Å². The zero-order valence-corrected chi connectivity index (χ0v) is 15.5. The van der Waals surface area contributed by atoms with Gasteiger partial charge in [0, 0.05) is 8.95 Å². The topological polar surface area (TPSA) is 57.8 Å². The van der Waals surface area contributed by atoms with Crippen LogP contribution in [0.1, 0.15) is 35.6 Å². The molecule has 1 heterocycles. The molecule has 1 aromatic carbocycles. The van der Waals surface area contributed by atoms with Crippen molar-refractivity contribution >= 4 is 37.5 Å². The first-order valence-corrected chi connectivity index (χ1v) is 8.17. The van der Waals surface area contributed by atoms with Gasteiger partial charge in [-0.05, 0) is 77.3 Å². The van der Waals surface area contributed by atoms with Gasteiger partial charge in [-0.1, -0.05) is 0 Å². The van der Waals surface area contributed by atoms with Gasteiger partial charge in [-0.15, -0.1) is 0 Å². The third-order valence-electron chi connectivity index (χ3n) is 3.24. The summed E-state index contributed by atoms with van der Waals surface area (Å²) in [6.07, 6.45) is 0. The van der Waals surface area contributed by atoms with Crippen molar-refractivity contribution in [2.24, 2.45) is 0 Å². The van der Waals surface area contributed by atoms with Crippen LogP contribution >= 0.6 is 31.9 Å². The van der Waals surface area contributed by atoms with E-state index in [9.17, 15) is 4.79 Å². The van der Waals surface area contributed by atoms with Crippen LogP contribution in [0.4, 0.5) is 5.69 Å². The van der Waals surface area contributed by atoms with Crippen molar-refractivity contribution in [3.63, 3.8) is 0 Å². The lowest BCUT2D eigenvalue weighted by Crippen LogP contribution is -2.23. The molecule has 0 saturated heterocycles. The second-order valence-electron chi connectivity index (χ2n) is 5.12. The summed E-state index contributed by atoms with van der Waals surface area (Å²) in [6.45, 7) is 7.62. The molecular formula is C15H17Br2N3O. The number of benzene rings is 1. The molecule has 1 aromatic heterocycles. The number of nitrogens with zero attached hydrogens (tertiary/aromatic N) is 1. The Kier molecular flexibility index (Phi) is 4.88. The molecule has 1 unspecified atom stereocenters. The van der Waals surface area contributed by atoms with Crippen LogP contribution in [0.25, 0.3) is 0 Å². The van der Waals surface area contributed by atoms with E-state index < -0.39 is 0 Å². The van der Waals surface area contributed by atoms with Gasteiger partial charge < -0.3 is 10.3 Å². The predicted octanol–water partition coefficient (Wildman–Crippen LogP) is 4.39. The van der Waals surface area contributed by atoms with Gasteiger partial charge in [0.05, 0.1) is 23.0 Å². The van der Waals surface area contributed by atoms with Crippen molar-refractivity contribution in [1.29, 1.82) is 0 Å². The van der Waals surface area contributed by atoms with Gasteiger partial charge in [0.1, 0.15) is 5.82 Å². The van der Waals surface area contributed by atoms with Crippen LogP contribution in [0.15, 0.2) is 25.9 Å². The van der Waals surface area contributed by atoms with E-state index in [2.05, 4.69) is 47.1 Å². The maximum Gasteiger partial charge on any atom is 0.256 e. The fourth-order valence-electron chi connectivity index (χ4n) is 2.37. The standard InChI is InChI=1S/C15H17Br2N3O/c1-7-5-11(16)14(12(17)6-7)19-9(3)13-8(2)18-10(4)20-15(13)21/h5-6,9,19H,1-4H3,(H,18,20,21). The third-order valence-corrected chi connectivity index (χ3v) is 4.50. The number of aromatic amines is 1. The molecule has 1 atom stereocenters. The minimum Gasteiger partial charge on any atom is -0.376 e. The highest BCUT2D eigenvalue weighted by atomic mass is 79.9. The first-order valence-electron chi connectivity index (χ1n) is 6.59. The summed E-state index contributed by atoms with van der Waals surface area (Å²) in [6, 6.07) is 3.91. The summed E-state index contributed by atoms with van der Waals surface area (Å²) in [5.41, 5.74) is 3.38. The molecule has 0 aliphatic rings. The Balaban J connectivity index is 2.40. The van der Waals surface area contributed by atoms with E-state index in [4.69, 9.17) is 0 Å². The average molecular weight is 415 g/mol. The molecule has 0 spiro atoms. The van der Waals surface area contributed by atoms with Crippen LogP contribution in [0, 0.1) is 20.8 Å². The maximum atomic E-state index is 12.2. The maximum absolute atomic E-state index is 12.2. The molecule has 6 heteroatoms. The Bertz CT molecular complexity index is 717. The number of anilines is 1. The molecular weight excluding hydrogens is 398 g/mol. The molecule has 21 heavy (non-hydrogen) atoms. The minimum absolute atomic E-state index is 0.0978. The number of H-pyrrole nitrogens is 1. The molecule has 2 N–H and O–H groups in total. The summed E-state index contributed by atoms with van der Waals surface area (Å²) >= 11 is 7.11. The molecule has 2 aromatic rings. The highest BCUT2D eigenvalue weighted by Gasteiger charge is 2.17. The number of halogens is 2. The normalized spacial score (nSPS) is 12.3. The summed E-state index contributed by atoms with van der Waals surface area (Å²) in [5, 5.41) is 3.37. The smallest absolute Gasteiger partial charge is 0.256 e. The Morgan fingerprint density at radius 1 is 1.19 bits per heavy atom. The highest BCUT2D eigenvalue weighted by Crippen LogP contribution is 2.34. The summed E-state index contributed by atoms with van der Waals surface area (Å²) in [4.78, 5) is 19.2. The van der Waals surface area contributed by atoms with Crippen LogP contribution < -0.4 is 10.9 Å². The van der Waals surface area contributed by atoms with Crippen molar-refractivity contribution in [2.45, 2.75) is 33.7 Å². The predicted molar refractivity (Wildman–Crippen MR) is 92.9 cm³/mol. The third kappa shape index (κ3) is 3.55. The van der Waals surface area contributed by atoms with E-state index in [1.165, 1.54) is 0 Å². The van der Waals surface area contributed by atoms with Crippen molar-refractivity contribution in [2.75, 3.05) is 5.32 Å². The average Bonchev–Trinajstić information content (AvgIpc) is 2.32. The molecule has 0 saturated carbocycles. The van der Waals surface area contributed by atoms with E-state index >= 15 is 0 Å². The Labute approximate surface area is 140 Å². The van der Waals surface area contributed by atoms with Crippen molar-refractivity contribution in [3.8, 4) is 0 Å². The van der Waals surface area contributed by atoms with Gasteiger partial charge in [0.2, 0.25) is 0 Å². The largest absolute Gasteiger partial charge is 0.376 e. The van der Waals surface area contributed by atoms with E-state index in [0.29, 0.717) is 11.4 Å². The van der Waals surface area contributed by atoms with E-state index in [1.807, 2.05) is 32.9 Å². The number of hydrogen-bond donors (Lipinski definition) is 2. The molecule has 2 rings (SSSR count). The lowest BCUT2D eigenvalue weighted by molar-refractivity contribution is 0.812. The van der Waals surface area contributed by atoms with E-state index in [0.717, 1.165) is 25.9 Å². The van der Waals surface area contributed by atoms with E-state index in [1.54, 1.807) is 6.92 Å². The van der Waals surface area contributed by atoms with Crippen LogP contribution in [0.2, 0.25) is 0 Å². The zero-order valence-electron chi connectivity index (χ0n) is 12.3. The Morgan fingerprint density at radius 2 is 1.76 bits per heavy atom. The number of aromatic nitrogens is 2. The molecule has 0 radical (unpaired) electrons. The molecule has 0 amide bonds. The molecule has 0 fully saturated rings. The lowest BCUT2D eigenvalue weighted by atomic mass is 10.1. The quantitative estimate of drug-likeness (QED) is 0.782. The molecule has 0 aliphatic carbocycles. The molecule has 112 valence electrons. The van der Waals surface area contributed by atoms with Crippen LogP contribution in [0.3, 0.4) is 0 Å². The highest BCUT2D eigenvalue weighted by molar-refractivity contribution is 9.11. The summed E-state index contributed by atoms with van der Waals surface area (Å²) < 4.78 is 1.91. The number of nitrogens with one attached hydrogen (secondary N) is 2. The fourth-order valence-corrected chi connectivity index (χ4v) is 4.02. The zero-order chi connectivity index (χ0) is 15.7. The first-order chi connectivity index (χ1) is 9.79. The van der Waals surface area contributed by atoms with E-state index in [-0.39, 0.29) is 11.6 Å².